The number of aryl methyl sites for hydroxylation is 3. The van der Waals surface area contributed by atoms with E-state index in [1.54, 1.807) is 18.9 Å². The van der Waals surface area contributed by atoms with Gasteiger partial charge in [-0.15, -0.1) is 0 Å². The number of amides is 2. The van der Waals surface area contributed by atoms with Crippen LogP contribution in [0.4, 0.5) is 0 Å². The number of carbonyl (C=O) groups is 2. The highest BCUT2D eigenvalue weighted by atomic mass is 16.2. The van der Waals surface area contributed by atoms with Gasteiger partial charge < -0.3 is 10.2 Å². The number of benzene rings is 2. The molecule has 2 rings (SSSR count). The summed E-state index contributed by atoms with van der Waals surface area (Å²) >= 11 is 0. The molecule has 2 amide bonds. The van der Waals surface area contributed by atoms with Gasteiger partial charge in [0.05, 0.1) is 6.42 Å². The lowest BCUT2D eigenvalue weighted by molar-refractivity contribution is -0.139. The van der Waals surface area contributed by atoms with Crippen molar-refractivity contribution in [2.45, 2.75) is 46.7 Å². The summed E-state index contributed by atoms with van der Waals surface area (Å²) in [5, 5.41) is 2.65. The summed E-state index contributed by atoms with van der Waals surface area (Å²) in [7, 11) is 1.60. The van der Waals surface area contributed by atoms with Crippen LogP contribution in [-0.4, -0.2) is 29.8 Å². The highest BCUT2D eigenvalue weighted by Gasteiger charge is 2.26. The normalized spacial score (nSPS) is 11.7. The molecule has 0 spiro atoms. The number of nitrogens with zero attached hydrogens (tertiary/aromatic N) is 1. The molecule has 1 N–H and O–H groups in total. The predicted molar refractivity (Wildman–Crippen MR) is 105 cm³/mol. The molecule has 138 valence electrons. The third-order valence-corrected chi connectivity index (χ3v) is 4.86. The first kappa shape index (κ1) is 19.7. The Labute approximate surface area is 156 Å². The van der Waals surface area contributed by atoms with Crippen LogP contribution < -0.4 is 5.32 Å². The Balaban J connectivity index is 2.30. The number of nitrogens with one attached hydrogen (secondary N) is 1. The molecule has 2 aromatic rings. The summed E-state index contributed by atoms with van der Waals surface area (Å²) in [6, 6.07) is 13.6. The molecule has 26 heavy (non-hydrogen) atoms. The van der Waals surface area contributed by atoms with Gasteiger partial charge in [-0.1, -0.05) is 48.0 Å². The molecule has 0 aromatic heterocycles. The second-order valence-electron chi connectivity index (χ2n) is 6.85. The van der Waals surface area contributed by atoms with Crippen molar-refractivity contribution >= 4 is 11.8 Å². The SMILES string of the molecule is CNC(=O)C(C)N(Cc1ccccc1C)C(=O)Cc1cc(C)ccc1C. The minimum atomic E-state index is -0.530. The molecule has 0 aliphatic rings. The molecule has 0 heterocycles. The summed E-state index contributed by atoms with van der Waals surface area (Å²) < 4.78 is 0. The van der Waals surface area contributed by atoms with E-state index in [0.717, 1.165) is 27.8 Å². The summed E-state index contributed by atoms with van der Waals surface area (Å²) in [6.07, 6.45) is 0.292. The fourth-order valence-corrected chi connectivity index (χ4v) is 3.02. The second-order valence-corrected chi connectivity index (χ2v) is 6.85. The van der Waals surface area contributed by atoms with E-state index in [9.17, 15) is 9.59 Å². The third kappa shape index (κ3) is 4.72. The Morgan fingerprint density at radius 2 is 1.65 bits per heavy atom. The van der Waals surface area contributed by atoms with Crippen molar-refractivity contribution in [3.63, 3.8) is 0 Å². The first-order valence-corrected chi connectivity index (χ1v) is 8.95. The number of carbonyl (C=O) groups excluding carboxylic acids is 2. The van der Waals surface area contributed by atoms with Crippen molar-refractivity contribution in [3.05, 3.63) is 70.3 Å². The van der Waals surface area contributed by atoms with Crippen LogP contribution in [0.3, 0.4) is 0 Å². The van der Waals surface area contributed by atoms with Crippen molar-refractivity contribution in [3.8, 4) is 0 Å². The fraction of sp³-hybridized carbons (Fsp3) is 0.364. The maximum Gasteiger partial charge on any atom is 0.242 e. The van der Waals surface area contributed by atoms with Crippen LogP contribution in [0.25, 0.3) is 0 Å². The molecule has 0 bridgehead atoms. The van der Waals surface area contributed by atoms with Gasteiger partial charge in [0.25, 0.3) is 0 Å². The fourth-order valence-electron chi connectivity index (χ4n) is 3.02. The van der Waals surface area contributed by atoms with Crippen LogP contribution in [0.15, 0.2) is 42.5 Å². The number of rotatable bonds is 6. The van der Waals surface area contributed by atoms with E-state index in [1.807, 2.05) is 63.2 Å². The highest BCUT2D eigenvalue weighted by Crippen LogP contribution is 2.17. The third-order valence-electron chi connectivity index (χ3n) is 4.86. The van der Waals surface area contributed by atoms with Crippen molar-refractivity contribution < 1.29 is 9.59 Å². The van der Waals surface area contributed by atoms with Gasteiger partial charge in [0.2, 0.25) is 11.8 Å². The van der Waals surface area contributed by atoms with E-state index >= 15 is 0 Å². The van der Waals surface area contributed by atoms with E-state index in [2.05, 4.69) is 5.32 Å². The zero-order valence-corrected chi connectivity index (χ0v) is 16.3. The van der Waals surface area contributed by atoms with Crippen LogP contribution in [0.2, 0.25) is 0 Å². The van der Waals surface area contributed by atoms with Crippen molar-refractivity contribution in [2.24, 2.45) is 0 Å². The molecular weight excluding hydrogens is 324 g/mol. The summed E-state index contributed by atoms with van der Waals surface area (Å²) in [6.45, 7) is 8.25. The molecule has 0 aliphatic heterocycles. The van der Waals surface area contributed by atoms with Crippen LogP contribution in [0.5, 0.6) is 0 Å². The van der Waals surface area contributed by atoms with Crippen molar-refractivity contribution in [1.82, 2.24) is 10.2 Å². The van der Waals surface area contributed by atoms with Crippen LogP contribution in [-0.2, 0) is 22.6 Å². The van der Waals surface area contributed by atoms with Gasteiger partial charge in [-0.3, -0.25) is 9.59 Å². The topological polar surface area (TPSA) is 49.4 Å². The lowest BCUT2D eigenvalue weighted by atomic mass is 10.0. The quantitative estimate of drug-likeness (QED) is 0.867. The lowest BCUT2D eigenvalue weighted by Gasteiger charge is -2.29. The molecule has 0 aliphatic carbocycles. The minimum Gasteiger partial charge on any atom is -0.357 e. The van der Waals surface area contributed by atoms with Gasteiger partial charge in [0.1, 0.15) is 6.04 Å². The van der Waals surface area contributed by atoms with E-state index in [1.165, 1.54) is 0 Å². The standard InChI is InChI=1S/C22H28N2O2/c1-15-10-11-17(3)20(12-15)13-21(25)24(18(4)22(26)23-5)14-19-9-7-6-8-16(19)2/h6-12,18H,13-14H2,1-5H3,(H,23,26). The first-order valence-electron chi connectivity index (χ1n) is 8.95. The number of likely N-dealkylation sites (N-methyl/N-ethyl adjacent to an activating group) is 1. The van der Waals surface area contributed by atoms with Crippen molar-refractivity contribution in [1.29, 1.82) is 0 Å². The molecule has 0 radical (unpaired) electrons. The predicted octanol–water partition coefficient (Wildman–Crippen LogP) is 3.32. The molecule has 0 saturated carbocycles. The van der Waals surface area contributed by atoms with E-state index in [0.29, 0.717) is 13.0 Å². The molecule has 0 fully saturated rings. The smallest absolute Gasteiger partial charge is 0.242 e. The molecule has 0 saturated heterocycles. The molecular formula is C22H28N2O2. The Morgan fingerprint density at radius 3 is 2.31 bits per heavy atom. The summed E-state index contributed by atoms with van der Waals surface area (Å²) in [5.41, 5.74) is 5.39. The summed E-state index contributed by atoms with van der Waals surface area (Å²) in [4.78, 5) is 27.0. The van der Waals surface area contributed by atoms with Crippen LogP contribution in [0, 0.1) is 20.8 Å². The second kappa shape index (κ2) is 8.65. The molecule has 4 heteroatoms. The first-order chi connectivity index (χ1) is 12.3. The Bertz CT molecular complexity index is 798. The number of hydrogen-bond acceptors (Lipinski definition) is 2. The average Bonchev–Trinajstić information content (AvgIpc) is 2.62. The van der Waals surface area contributed by atoms with Gasteiger partial charge >= 0.3 is 0 Å². The maximum atomic E-state index is 13.1. The van der Waals surface area contributed by atoms with E-state index in [4.69, 9.17) is 0 Å². The van der Waals surface area contributed by atoms with Gasteiger partial charge in [-0.25, -0.2) is 0 Å². The Kier molecular flexibility index (Phi) is 6.56. The highest BCUT2D eigenvalue weighted by molar-refractivity contribution is 5.88. The Morgan fingerprint density at radius 1 is 1.00 bits per heavy atom. The monoisotopic (exact) mass is 352 g/mol. The molecule has 4 nitrogen and oxygen atoms in total. The van der Waals surface area contributed by atoms with Gasteiger partial charge in [-0.05, 0) is 49.9 Å². The zero-order valence-electron chi connectivity index (χ0n) is 16.3. The lowest BCUT2D eigenvalue weighted by Crippen LogP contribution is -2.47. The Hall–Kier alpha value is -2.62. The van der Waals surface area contributed by atoms with E-state index in [-0.39, 0.29) is 11.8 Å². The van der Waals surface area contributed by atoms with Crippen LogP contribution >= 0.6 is 0 Å². The average molecular weight is 352 g/mol. The molecule has 1 unspecified atom stereocenters. The molecule has 2 aromatic carbocycles. The van der Waals surface area contributed by atoms with Gasteiger partial charge in [0, 0.05) is 13.6 Å². The van der Waals surface area contributed by atoms with Gasteiger partial charge in [0.15, 0.2) is 0 Å². The largest absolute Gasteiger partial charge is 0.357 e. The maximum absolute atomic E-state index is 13.1. The van der Waals surface area contributed by atoms with E-state index < -0.39 is 6.04 Å². The molecule has 1 atom stereocenters. The van der Waals surface area contributed by atoms with Crippen LogP contribution in [0.1, 0.15) is 34.7 Å². The minimum absolute atomic E-state index is 0.0435. The summed E-state index contributed by atoms with van der Waals surface area (Å²) in [5.74, 6) is -0.203. The van der Waals surface area contributed by atoms with Gasteiger partial charge in [-0.2, -0.15) is 0 Å². The van der Waals surface area contributed by atoms with Crippen molar-refractivity contribution in [2.75, 3.05) is 7.05 Å². The zero-order chi connectivity index (χ0) is 19.3. The number of hydrogen-bond donors (Lipinski definition) is 1.